The van der Waals surface area contributed by atoms with Gasteiger partial charge in [0.05, 0.1) is 0 Å². The van der Waals surface area contributed by atoms with Gasteiger partial charge in [-0.3, -0.25) is 4.79 Å². The van der Waals surface area contributed by atoms with E-state index >= 15 is 0 Å². The molecule has 0 aliphatic heterocycles. The van der Waals surface area contributed by atoms with E-state index in [0.29, 0.717) is 18.2 Å². The Bertz CT molecular complexity index is 381. The second-order valence-electron chi connectivity index (χ2n) is 3.90. The third-order valence-electron chi connectivity index (χ3n) is 2.33. The molecule has 0 fully saturated rings. The molecule has 1 amide bonds. The van der Waals surface area contributed by atoms with Gasteiger partial charge in [0.25, 0.3) is 0 Å². The third-order valence-corrected chi connectivity index (χ3v) is 2.62. The topological polar surface area (TPSA) is 53.2 Å². The summed E-state index contributed by atoms with van der Waals surface area (Å²) in [6, 6.07) is 10.2. The van der Waals surface area contributed by atoms with Crippen LogP contribution in [0.5, 0.6) is 0 Å². The number of rotatable bonds is 6. The van der Waals surface area contributed by atoms with E-state index in [4.69, 9.17) is 12.2 Å². The van der Waals surface area contributed by atoms with Crippen molar-refractivity contribution < 1.29 is 4.79 Å². The van der Waals surface area contributed by atoms with E-state index in [1.807, 2.05) is 18.2 Å². The minimum atomic E-state index is -0.0280. The molecule has 5 heteroatoms. The minimum absolute atomic E-state index is 0.0280. The average molecular weight is 265 g/mol. The zero-order valence-electron chi connectivity index (χ0n) is 10.5. The number of benzene rings is 1. The van der Waals surface area contributed by atoms with Gasteiger partial charge in [0.15, 0.2) is 5.11 Å². The second-order valence-corrected chi connectivity index (χ2v) is 4.31. The maximum atomic E-state index is 10.6. The first-order valence-electron chi connectivity index (χ1n) is 5.98. The fourth-order valence-corrected chi connectivity index (χ4v) is 1.65. The molecule has 4 nitrogen and oxygen atoms in total. The van der Waals surface area contributed by atoms with Crippen LogP contribution in [0.2, 0.25) is 0 Å². The van der Waals surface area contributed by atoms with Gasteiger partial charge in [0.1, 0.15) is 0 Å². The Morgan fingerprint density at radius 1 is 1.06 bits per heavy atom. The first kappa shape index (κ1) is 14.4. The second kappa shape index (κ2) is 8.47. The number of carbonyl (C=O) groups excluding carboxylic acids is 1. The van der Waals surface area contributed by atoms with Crippen molar-refractivity contribution in [2.45, 2.75) is 13.3 Å². The van der Waals surface area contributed by atoms with Crippen LogP contribution in [0.4, 0.5) is 0 Å². The van der Waals surface area contributed by atoms with Gasteiger partial charge in [-0.25, -0.2) is 0 Å². The maximum Gasteiger partial charge on any atom is 0.216 e. The molecule has 0 unspecified atom stereocenters. The lowest BCUT2D eigenvalue weighted by molar-refractivity contribution is -0.118. The van der Waals surface area contributed by atoms with E-state index in [2.05, 4.69) is 28.1 Å². The molecule has 0 heterocycles. The first-order chi connectivity index (χ1) is 8.68. The Labute approximate surface area is 113 Å². The number of nitrogens with one attached hydrogen (secondary N) is 3. The number of thiocarbonyl (C=S) groups is 1. The lowest BCUT2D eigenvalue weighted by atomic mass is 10.1. The maximum absolute atomic E-state index is 10.6. The summed E-state index contributed by atoms with van der Waals surface area (Å²) in [4.78, 5) is 10.6. The van der Waals surface area contributed by atoms with Gasteiger partial charge in [-0.05, 0) is 24.2 Å². The van der Waals surface area contributed by atoms with Crippen molar-refractivity contribution in [2.24, 2.45) is 0 Å². The van der Waals surface area contributed by atoms with E-state index in [1.54, 1.807) is 0 Å². The van der Waals surface area contributed by atoms with Crippen LogP contribution >= 0.6 is 12.2 Å². The highest BCUT2D eigenvalue weighted by atomic mass is 32.1. The average Bonchev–Trinajstić information content (AvgIpc) is 2.36. The van der Waals surface area contributed by atoms with Gasteiger partial charge >= 0.3 is 0 Å². The van der Waals surface area contributed by atoms with Crippen molar-refractivity contribution in [3.05, 3.63) is 35.9 Å². The van der Waals surface area contributed by atoms with Crippen LogP contribution in [0.15, 0.2) is 30.3 Å². The van der Waals surface area contributed by atoms with Crippen molar-refractivity contribution in [1.82, 2.24) is 16.0 Å². The largest absolute Gasteiger partial charge is 0.362 e. The molecule has 98 valence electrons. The summed E-state index contributed by atoms with van der Waals surface area (Å²) in [5.74, 6) is -0.0280. The van der Waals surface area contributed by atoms with Crippen molar-refractivity contribution in [3.63, 3.8) is 0 Å². The summed E-state index contributed by atoms with van der Waals surface area (Å²) in [5.41, 5.74) is 1.28. The smallest absolute Gasteiger partial charge is 0.216 e. The predicted molar refractivity (Wildman–Crippen MR) is 77.4 cm³/mol. The predicted octanol–water partition coefficient (Wildman–Crippen LogP) is 0.829. The van der Waals surface area contributed by atoms with E-state index in [-0.39, 0.29) is 5.91 Å². The molecule has 3 N–H and O–H groups in total. The lowest BCUT2D eigenvalue weighted by Gasteiger charge is -2.10. The summed E-state index contributed by atoms with van der Waals surface area (Å²) < 4.78 is 0. The highest BCUT2D eigenvalue weighted by Crippen LogP contribution is 1.97. The number of amides is 1. The van der Waals surface area contributed by atoms with Gasteiger partial charge < -0.3 is 16.0 Å². The Balaban J connectivity index is 2.05. The molecule has 0 saturated heterocycles. The van der Waals surface area contributed by atoms with E-state index < -0.39 is 0 Å². The molecular weight excluding hydrogens is 246 g/mol. The molecule has 0 aliphatic rings. The van der Waals surface area contributed by atoms with Crippen LogP contribution in [0, 0.1) is 0 Å². The number of carbonyl (C=O) groups is 1. The van der Waals surface area contributed by atoms with E-state index in [9.17, 15) is 4.79 Å². The zero-order valence-corrected chi connectivity index (χ0v) is 11.3. The molecule has 0 atom stereocenters. The fourth-order valence-electron chi connectivity index (χ4n) is 1.44. The molecule has 18 heavy (non-hydrogen) atoms. The van der Waals surface area contributed by atoms with E-state index in [1.165, 1.54) is 12.5 Å². The number of hydrogen-bond donors (Lipinski definition) is 3. The van der Waals surface area contributed by atoms with Crippen LogP contribution in [-0.2, 0) is 11.2 Å². The van der Waals surface area contributed by atoms with Crippen molar-refractivity contribution in [1.29, 1.82) is 0 Å². The molecule has 0 aliphatic carbocycles. The van der Waals surface area contributed by atoms with Gasteiger partial charge in [-0.15, -0.1) is 0 Å². The van der Waals surface area contributed by atoms with E-state index in [0.717, 1.165) is 13.0 Å². The van der Waals surface area contributed by atoms with Crippen molar-refractivity contribution in [3.8, 4) is 0 Å². The molecule has 0 spiro atoms. The van der Waals surface area contributed by atoms with Crippen LogP contribution in [0.3, 0.4) is 0 Å². The molecule has 0 radical (unpaired) electrons. The quantitative estimate of drug-likeness (QED) is 0.527. The van der Waals surface area contributed by atoms with Crippen LogP contribution in [0.1, 0.15) is 12.5 Å². The van der Waals surface area contributed by atoms with Crippen LogP contribution < -0.4 is 16.0 Å². The SMILES string of the molecule is CC(=O)NCCNC(=S)NCCc1ccccc1. The fraction of sp³-hybridized carbons (Fsp3) is 0.385. The molecule has 0 bridgehead atoms. The monoisotopic (exact) mass is 265 g/mol. The summed E-state index contributed by atoms with van der Waals surface area (Å²) in [7, 11) is 0. The van der Waals surface area contributed by atoms with Crippen molar-refractivity contribution in [2.75, 3.05) is 19.6 Å². The Hall–Kier alpha value is -1.62. The molecule has 1 rings (SSSR count). The standard InChI is InChI=1S/C13H19N3OS/c1-11(17)14-9-10-16-13(18)15-8-7-12-5-3-2-4-6-12/h2-6H,7-10H2,1H3,(H,14,17)(H2,15,16,18). The first-order valence-corrected chi connectivity index (χ1v) is 6.39. The number of hydrogen-bond acceptors (Lipinski definition) is 2. The molecule has 0 aromatic heterocycles. The van der Waals surface area contributed by atoms with Crippen LogP contribution in [0.25, 0.3) is 0 Å². The highest BCUT2D eigenvalue weighted by Gasteiger charge is 1.96. The summed E-state index contributed by atoms with van der Waals surface area (Å²) in [5, 5.41) is 9.47. The Kier molecular flexibility index (Phi) is 6.79. The van der Waals surface area contributed by atoms with Crippen molar-refractivity contribution >= 4 is 23.2 Å². The molecular formula is C13H19N3OS. The van der Waals surface area contributed by atoms with Gasteiger partial charge in [-0.2, -0.15) is 0 Å². The Morgan fingerprint density at radius 2 is 1.67 bits per heavy atom. The normalized spacial score (nSPS) is 9.61. The van der Waals surface area contributed by atoms with Gasteiger partial charge in [0.2, 0.25) is 5.91 Å². The van der Waals surface area contributed by atoms with Gasteiger partial charge in [0, 0.05) is 26.6 Å². The minimum Gasteiger partial charge on any atom is -0.362 e. The zero-order chi connectivity index (χ0) is 13.2. The van der Waals surface area contributed by atoms with Gasteiger partial charge in [-0.1, -0.05) is 30.3 Å². The Morgan fingerprint density at radius 3 is 2.33 bits per heavy atom. The lowest BCUT2D eigenvalue weighted by Crippen LogP contribution is -2.40. The molecule has 1 aromatic rings. The summed E-state index contributed by atoms with van der Waals surface area (Å²) in [6.07, 6.45) is 0.939. The molecule has 0 saturated carbocycles. The summed E-state index contributed by atoms with van der Waals surface area (Å²) >= 11 is 5.11. The third kappa shape index (κ3) is 6.85. The molecule has 1 aromatic carbocycles. The van der Waals surface area contributed by atoms with Crippen LogP contribution in [-0.4, -0.2) is 30.7 Å². The summed E-state index contributed by atoms with van der Waals surface area (Å²) in [6.45, 7) is 3.51. The highest BCUT2D eigenvalue weighted by molar-refractivity contribution is 7.80.